The van der Waals surface area contributed by atoms with E-state index < -0.39 is 11.9 Å². The van der Waals surface area contributed by atoms with Crippen LogP contribution in [0.2, 0.25) is 0 Å². The van der Waals surface area contributed by atoms with Gasteiger partial charge in [-0.15, -0.1) is 6.58 Å². The van der Waals surface area contributed by atoms with E-state index >= 15 is 0 Å². The van der Waals surface area contributed by atoms with Crippen molar-refractivity contribution < 1.29 is 24.6 Å². The number of nitrogens with zero attached hydrogens (tertiary/aromatic N) is 2. The number of aliphatic carboxylic acids is 2. The molecule has 1 fully saturated rings. The van der Waals surface area contributed by atoms with Crippen LogP contribution in [0.4, 0.5) is 5.69 Å². The summed E-state index contributed by atoms with van der Waals surface area (Å²) in [5.41, 5.74) is 1.03. The maximum atomic E-state index is 12.3. The van der Waals surface area contributed by atoms with E-state index in [2.05, 4.69) is 11.5 Å². The quantitative estimate of drug-likeness (QED) is 0.473. The van der Waals surface area contributed by atoms with Crippen molar-refractivity contribution in [1.82, 2.24) is 4.90 Å². The van der Waals surface area contributed by atoms with Crippen molar-refractivity contribution in [2.45, 2.75) is 32.6 Å². The number of carbonyl (C=O) groups excluding carboxylic acids is 1. The molecule has 1 aromatic rings. The molecule has 0 atom stereocenters. The fraction of sp³-hybridized carbons (Fsp3) is 0.435. The molecule has 0 aromatic heterocycles. The summed E-state index contributed by atoms with van der Waals surface area (Å²) in [5.74, 6) is -1.68. The van der Waals surface area contributed by atoms with Gasteiger partial charge in [-0.25, -0.2) is 9.59 Å². The zero-order valence-electron chi connectivity index (χ0n) is 17.6. The zero-order valence-corrected chi connectivity index (χ0v) is 17.6. The van der Waals surface area contributed by atoms with Crippen molar-refractivity contribution in [3.8, 4) is 0 Å². The van der Waals surface area contributed by atoms with Crippen molar-refractivity contribution in [3.63, 3.8) is 0 Å². The van der Waals surface area contributed by atoms with Crippen LogP contribution in [-0.2, 0) is 14.4 Å². The number of benzene rings is 1. The Labute approximate surface area is 178 Å². The van der Waals surface area contributed by atoms with Gasteiger partial charge in [0.15, 0.2) is 0 Å². The maximum absolute atomic E-state index is 12.3. The predicted octanol–water partition coefficient (Wildman–Crippen LogP) is 3.43. The minimum Gasteiger partial charge on any atom is -0.478 e. The first-order valence-corrected chi connectivity index (χ1v) is 10.2. The third-order valence-corrected chi connectivity index (χ3v) is 4.84. The normalized spacial score (nSPS) is 14.6. The van der Waals surface area contributed by atoms with Crippen molar-refractivity contribution >= 4 is 23.5 Å². The molecule has 2 rings (SSSR count). The van der Waals surface area contributed by atoms with E-state index in [4.69, 9.17) is 10.2 Å². The number of anilines is 1. The Morgan fingerprint density at radius 1 is 1.10 bits per heavy atom. The highest BCUT2D eigenvalue weighted by molar-refractivity contribution is 5.93. The predicted molar refractivity (Wildman–Crippen MR) is 117 cm³/mol. The van der Waals surface area contributed by atoms with Crippen LogP contribution in [0, 0.1) is 5.92 Å². The minimum atomic E-state index is -1.26. The van der Waals surface area contributed by atoms with E-state index in [0.717, 1.165) is 38.3 Å². The molecule has 0 spiro atoms. The Morgan fingerprint density at radius 3 is 2.13 bits per heavy atom. The van der Waals surface area contributed by atoms with Gasteiger partial charge in [0.25, 0.3) is 0 Å². The van der Waals surface area contributed by atoms with Crippen molar-refractivity contribution in [2.24, 2.45) is 5.92 Å². The van der Waals surface area contributed by atoms with Crippen LogP contribution in [0.3, 0.4) is 0 Å². The van der Waals surface area contributed by atoms with Crippen molar-refractivity contribution in [3.05, 3.63) is 55.1 Å². The summed E-state index contributed by atoms with van der Waals surface area (Å²) in [4.78, 5) is 35.9. The molecule has 1 heterocycles. The van der Waals surface area contributed by atoms with Gasteiger partial charge in [0.1, 0.15) is 0 Å². The molecule has 0 unspecified atom stereocenters. The molecule has 7 nitrogen and oxygen atoms in total. The van der Waals surface area contributed by atoms with E-state index in [-0.39, 0.29) is 5.91 Å². The molecule has 0 aliphatic carbocycles. The summed E-state index contributed by atoms with van der Waals surface area (Å²) in [7, 11) is 0. The highest BCUT2D eigenvalue weighted by atomic mass is 16.4. The van der Waals surface area contributed by atoms with Gasteiger partial charge in [-0.2, -0.15) is 0 Å². The van der Waals surface area contributed by atoms with Crippen LogP contribution in [-0.4, -0.2) is 59.1 Å². The Bertz CT molecular complexity index is 694. The highest BCUT2D eigenvalue weighted by Gasteiger charge is 2.23. The first kappa shape index (κ1) is 25.1. The van der Waals surface area contributed by atoms with E-state index in [1.54, 1.807) is 0 Å². The van der Waals surface area contributed by atoms with Gasteiger partial charge in [-0.3, -0.25) is 4.79 Å². The van der Waals surface area contributed by atoms with Gasteiger partial charge >= 0.3 is 11.9 Å². The third kappa shape index (κ3) is 10.0. The number of hydrogen-bond donors (Lipinski definition) is 2. The average molecular weight is 417 g/mol. The number of hydrogen-bond acceptors (Lipinski definition) is 4. The molecule has 0 radical (unpaired) electrons. The third-order valence-electron chi connectivity index (χ3n) is 4.84. The number of rotatable bonds is 9. The molecule has 1 aromatic carbocycles. The Balaban J connectivity index is 0.000000479. The van der Waals surface area contributed by atoms with Gasteiger partial charge in [0, 0.05) is 37.3 Å². The number of para-hydroxylation sites is 1. The molecule has 1 aliphatic rings. The Morgan fingerprint density at radius 2 is 1.67 bits per heavy atom. The zero-order chi connectivity index (χ0) is 22.4. The summed E-state index contributed by atoms with van der Waals surface area (Å²) in [6.45, 7) is 9.98. The SMILES string of the molecule is C=CCCN1CCC(CN(C(=O)CC)c2ccccc2)CC1.O=C(O)/C=C/C(=O)O. The summed E-state index contributed by atoms with van der Waals surface area (Å²) in [6.07, 6.45) is 7.09. The summed E-state index contributed by atoms with van der Waals surface area (Å²) in [5, 5.41) is 15.6. The molecular formula is C23H32N2O5. The summed E-state index contributed by atoms with van der Waals surface area (Å²) in [6, 6.07) is 10.1. The van der Waals surface area contributed by atoms with Crippen LogP contribution in [0.15, 0.2) is 55.1 Å². The lowest BCUT2D eigenvalue weighted by atomic mass is 9.95. The first-order valence-electron chi connectivity index (χ1n) is 10.2. The van der Waals surface area contributed by atoms with Gasteiger partial charge in [-0.1, -0.05) is 31.2 Å². The van der Waals surface area contributed by atoms with E-state index in [1.807, 2.05) is 48.2 Å². The number of carbonyl (C=O) groups is 3. The monoisotopic (exact) mass is 416 g/mol. The number of amides is 1. The van der Waals surface area contributed by atoms with Gasteiger partial charge in [0.05, 0.1) is 0 Å². The number of likely N-dealkylation sites (tertiary alicyclic amines) is 1. The molecule has 1 aliphatic heterocycles. The number of piperidine rings is 1. The maximum Gasteiger partial charge on any atom is 0.328 e. The molecule has 30 heavy (non-hydrogen) atoms. The second-order valence-corrected chi connectivity index (χ2v) is 7.07. The molecule has 1 amide bonds. The average Bonchev–Trinajstić information content (AvgIpc) is 2.76. The molecular weight excluding hydrogens is 384 g/mol. The summed E-state index contributed by atoms with van der Waals surface area (Å²) < 4.78 is 0. The lowest BCUT2D eigenvalue weighted by molar-refractivity contribution is -0.134. The molecule has 1 saturated heterocycles. The van der Waals surface area contributed by atoms with E-state index in [1.165, 1.54) is 12.8 Å². The highest BCUT2D eigenvalue weighted by Crippen LogP contribution is 2.23. The van der Waals surface area contributed by atoms with Gasteiger partial charge < -0.3 is 20.0 Å². The standard InChI is InChI=1S/C19H28N2O.C4H4O4/c1-3-5-13-20-14-11-17(12-15-20)16-21(19(22)4-2)18-9-7-6-8-10-18;5-3(6)1-2-4(7)8/h3,6-10,17H,1,4-5,11-16H2,2H3;1-2H,(H,5,6)(H,7,8)/b;2-1+. The van der Waals surface area contributed by atoms with E-state index in [9.17, 15) is 14.4 Å². The second kappa shape index (κ2) is 14.1. The fourth-order valence-electron chi connectivity index (χ4n) is 3.22. The smallest absolute Gasteiger partial charge is 0.328 e. The van der Waals surface area contributed by atoms with Crippen LogP contribution < -0.4 is 4.90 Å². The lowest BCUT2D eigenvalue weighted by Gasteiger charge is -2.34. The van der Waals surface area contributed by atoms with Crippen LogP contribution in [0.5, 0.6) is 0 Å². The molecule has 2 N–H and O–H groups in total. The fourth-order valence-corrected chi connectivity index (χ4v) is 3.22. The number of carboxylic acid groups (broad SMARTS) is 2. The molecule has 0 bridgehead atoms. The van der Waals surface area contributed by atoms with Crippen LogP contribution in [0.25, 0.3) is 0 Å². The Kier molecular flexibility index (Phi) is 11.8. The number of carboxylic acids is 2. The molecule has 164 valence electrons. The Hall–Kier alpha value is -2.93. The van der Waals surface area contributed by atoms with Crippen LogP contribution >= 0.6 is 0 Å². The van der Waals surface area contributed by atoms with Gasteiger partial charge in [-0.05, 0) is 50.4 Å². The molecule has 0 saturated carbocycles. The first-order chi connectivity index (χ1) is 14.4. The van der Waals surface area contributed by atoms with Crippen LogP contribution in [0.1, 0.15) is 32.6 Å². The second-order valence-electron chi connectivity index (χ2n) is 7.07. The largest absolute Gasteiger partial charge is 0.478 e. The minimum absolute atomic E-state index is 0.222. The van der Waals surface area contributed by atoms with Gasteiger partial charge in [0.2, 0.25) is 5.91 Å². The van der Waals surface area contributed by atoms with Crippen molar-refractivity contribution in [1.29, 1.82) is 0 Å². The topological polar surface area (TPSA) is 98.2 Å². The van der Waals surface area contributed by atoms with E-state index in [0.29, 0.717) is 24.5 Å². The lowest BCUT2D eigenvalue weighted by Crippen LogP contribution is -2.41. The van der Waals surface area contributed by atoms with Crippen molar-refractivity contribution in [2.75, 3.05) is 31.1 Å². The summed E-state index contributed by atoms with van der Waals surface area (Å²) >= 11 is 0. The molecule has 7 heteroatoms.